The molecule has 1 aliphatic rings. The molecule has 1 fully saturated rings. The van der Waals surface area contributed by atoms with Crippen molar-refractivity contribution in [1.82, 2.24) is 29.9 Å². The second-order valence-corrected chi connectivity index (χ2v) is 8.32. The summed E-state index contributed by atoms with van der Waals surface area (Å²) in [5, 5.41) is 19.5. The van der Waals surface area contributed by atoms with Crippen molar-refractivity contribution >= 4 is 33.3 Å². The van der Waals surface area contributed by atoms with E-state index < -0.39 is 40.8 Å². The molecule has 0 bridgehead atoms. The van der Waals surface area contributed by atoms with Crippen molar-refractivity contribution in [2.45, 2.75) is 44.3 Å². The fraction of sp³-hybridized carbons (Fsp3) is 0.625. The van der Waals surface area contributed by atoms with E-state index in [1.54, 1.807) is 11.9 Å². The molecule has 2 aromatic heterocycles. The van der Waals surface area contributed by atoms with Crippen LogP contribution < -0.4 is 11.2 Å². The van der Waals surface area contributed by atoms with Crippen LogP contribution in [0.5, 0.6) is 0 Å². The molecule has 0 aliphatic carbocycles. The molecular formula is C16H25N7O8S. The number of fused-ring (bicyclic) bond motifs is 1. The molecule has 0 saturated carbocycles. The van der Waals surface area contributed by atoms with Crippen LogP contribution in [0.3, 0.4) is 0 Å². The number of likely N-dealkylation sites (N-methyl/N-ethyl adjacent to an activating group) is 1. The summed E-state index contributed by atoms with van der Waals surface area (Å²) in [6.45, 7) is 2.02. The average Bonchev–Trinajstić information content (AvgIpc) is 3.24. The first-order valence-corrected chi connectivity index (χ1v) is 11.0. The molecule has 3 rings (SSSR count). The Hall–Kier alpha value is -2.47. The highest BCUT2D eigenvalue weighted by molar-refractivity contribution is 7.80. The molecule has 3 heterocycles. The zero-order valence-electron chi connectivity index (χ0n) is 17.3. The van der Waals surface area contributed by atoms with Crippen LogP contribution in [-0.2, 0) is 30.5 Å². The zero-order chi connectivity index (χ0) is 23.6. The van der Waals surface area contributed by atoms with Gasteiger partial charge in [0.05, 0.1) is 0 Å². The number of hydrogen-bond acceptors (Lipinski definition) is 12. The Morgan fingerprint density at radius 2 is 2.16 bits per heavy atom. The maximum atomic E-state index is 11.4. The Labute approximate surface area is 183 Å². The number of aromatic nitrogens is 4. The van der Waals surface area contributed by atoms with Crippen molar-refractivity contribution in [1.29, 1.82) is 0 Å². The number of imidazole rings is 1. The van der Waals surface area contributed by atoms with E-state index in [1.165, 1.54) is 16.4 Å². The number of aryl methyl sites for hydroxylation is 1. The number of nitrogen functional groups attached to an aromatic ring is 1. The normalized spacial score (nSPS) is 23.8. The second kappa shape index (κ2) is 9.57. The third-order valence-electron chi connectivity index (χ3n) is 5.03. The molecule has 0 spiro atoms. The molecule has 0 unspecified atom stereocenters. The van der Waals surface area contributed by atoms with Crippen molar-refractivity contribution in [2.75, 3.05) is 25.9 Å². The Bertz CT molecular complexity index is 1080. The van der Waals surface area contributed by atoms with Crippen LogP contribution in [0.1, 0.15) is 25.4 Å². The minimum absolute atomic E-state index is 0.0255. The molecule has 4 atom stereocenters. The SMILES string of the molecule is CCc1nc2c(N)ncnc2n1[C@@H]1O[C@H](CN(C)CCC(=O)NO)[C@@H](OS(=O)(=O)O)[C@H]1O. The first kappa shape index (κ1) is 24.2. The van der Waals surface area contributed by atoms with Crippen molar-refractivity contribution in [3.63, 3.8) is 0 Å². The molecule has 1 aliphatic heterocycles. The van der Waals surface area contributed by atoms with Gasteiger partial charge in [0.25, 0.3) is 0 Å². The molecule has 6 N–H and O–H groups in total. The largest absolute Gasteiger partial charge is 0.397 e. The Kier molecular flexibility index (Phi) is 7.23. The molecule has 0 radical (unpaired) electrons. The number of hydroxylamine groups is 1. The summed E-state index contributed by atoms with van der Waals surface area (Å²) in [7, 11) is -3.30. The summed E-state index contributed by atoms with van der Waals surface area (Å²) in [5.74, 6) is -0.0295. The van der Waals surface area contributed by atoms with Gasteiger partial charge in [-0.15, -0.1) is 0 Å². The highest BCUT2D eigenvalue weighted by atomic mass is 32.3. The van der Waals surface area contributed by atoms with Gasteiger partial charge in [-0.1, -0.05) is 6.92 Å². The number of carbonyl (C=O) groups excluding carboxylic acids is 1. The number of hydrogen-bond donors (Lipinski definition) is 5. The predicted molar refractivity (Wildman–Crippen MR) is 107 cm³/mol. The number of nitrogens with zero attached hydrogens (tertiary/aromatic N) is 5. The van der Waals surface area contributed by atoms with E-state index in [0.717, 1.165) is 0 Å². The highest BCUT2D eigenvalue weighted by Gasteiger charge is 2.49. The molecule has 32 heavy (non-hydrogen) atoms. The number of ether oxygens (including phenoxy) is 1. The second-order valence-electron chi connectivity index (χ2n) is 7.27. The van der Waals surface area contributed by atoms with Crippen molar-refractivity contribution in [3.8, 4) is 0 Å². The average molecular weight is 475 g/mol. The number of rotatable bonds is 9. The van der Waals surface area contributed by atoms with E-state index in [0.29, 0.717) is 17.8 Å². The van der Waals surface area contributed by atoms with Gasteiger partial charge in [-0.2, -0.15) is 8.42 Å². The lowest BCUT2D eigenvalue weighted by Crippen LogP contribution is -2.42. The number of nitrogens with two attached hydrogens (primary N) is 1. The van der Waals surface area contributed by atoms with E-state index >= 15 is 0 Å². The molecular weight excluding hydrogens is 450 g/mol. The highest BCUT2D eigenvalue weighted by Crippen LogP contribution is 2.36. The van der Waals surface area contributed by atoms with Crippen LogP contribution in [0.4, 0.5) is 5.82 Å². The van der Waals surface area contributed by atoms with Crippen LogP contribution in [0, 0.1) is 0 Å². The summed E-state index contributed by atoms with van der Waals surface area (Å²) in [6.07, 6.45) is -3.60. The number of anilines is 1. The number of aliphatic hydroxyl groups is 1. The van der Waals surface area contributed by atoms with Crippen LogP contribution in [0.25, 0.3) is 11.2 Å². The van der Waals surface area contributed by atoms with E-state index in [9.17, 15) is 22.9 Å². The first-order valence-electron chi connectivity index (χ1n) is 9.63. The Balaban J connectivity index is 1.93. The lowest BCUT2D eigenvalue weighted by molar-refractivity contribution is -0.129. The Morgan fingerprint density at radius 1 is 1.44 bits per heavy atom. The lowest BCUT2D eigenvalue weighted by atomic mass is 10.1. The lowest BCUT2D eigenvalue weighted by Gasteiger charge is -2.23. The molecule has 16 heteroatoms. The molecule has 15 nitrogen and oxygen atoms in total. The number of aliphatic hydroxyl groups excluding tert-OH is 1. The molecule has 1 saturated heterocycles. The van der Waals surface area contributed by atoms with E-state index in [1.807, 2.05) is 6.92 Å². The molecule has 2 aromatic rings. The summed E-state index contributed by atoms with van der Waals surface area (Å²) in [5.41, 5.74) is 7.96. The maximum Gasteiger partial charge on any atom is 0.397 e. The number of carbonyl (C=O) groups is 1. The van der Waals surface area contributed by atoms with Gasteiger partial charge in [-0.05, 0) is 7.05 Å². The monoisotopic (exact) mass is 475 g/mol. The fourth-order valence-electron chi connectivity index (χ4n) is 3.57. The maximum absolute atomic E-state index is 11.4. The smallest absolute Gasteiger partial charge is 0.385 e. The third-order valence-corrected chi connectivity index (χ3v) is 5.49. The molecule has 178 valence electrons. The predicted octanol–water partition coefficient (Wildman–Crippen LogP) is -1.76. The van der Waals surface area contributed by atoms with E-state index in [-0.39, 0.29) is 31.0 Å². The van der Waals surface area contributed by atoms with Gasteiger partial charge in [0.15, 0.2) is 23.2 Å². The van der Waals surface area contributed by atoms with Crippen LogP contribution in [0.2, 0.25) is 0 Å². The van der Waals surface area contributed by atoms with Gasteiger partial charge in [0, 0.05) is 25.9 Å². The topological polar surface area (TPSA) is 215 Å². The quantitative estimate of drug-likeness (QED) is 0.155. The van der Waals surface area contributed by atoms with Gasteiger partial charge in [-0.3, -0.25) is 19.1 Å². The van der Waals surface area contributed by atoms with Crippen molar-refractivity contribution < 1.29 is 37.0 Å². The van der Waals surface area contributed by atoms with Crippen LogP contribution >= 0.6 is 0 Å². The van der Waals surface area contributed by atoms with Gasteiger partial charge < -0.3 is 20.5 Å². The summed E-state index contributed by atoms with van der Waals surface area (Å²) in [6, 6.07) is 0. The molecule has 1 amide bonds. The van der Waals surface area contributed by atoms with Gasteiger partial charge in [0.2, 0.25) is 5.91 Å². The van der Waals surface area contributed by atoms with Gasteiger partial charge in [0.1, 0.15) is 30.5 Å². The van der Waals surface area contributed by atoms with Gasteiger partial charge in [-0.25, -0.2) is 24.6 Å². The zero-order valence-corrected chi connectivity index (χ0v) is 18.1. The summed E-state index contributed by atoms with van der Waals surface area (Å²) >= 11 is 0. The third kappa shape index (κ3) is 5.12. The molecule has 0 aromatic carbocycles. The Morgan fingerprint density at radius 3 is 2.78 bits per heavy atom. The summed E-state index contributed by atoms with van der Waals surface area (Å²) in [4.78, 5) is 25.3. The minimum Gasteiger partial charge on any atom is -0.385 e. The van der Waals surface area contributed by atoms with E-state index in [2.05, 4.69) is 15.0 Å². The number of amides is 1. The fourth-order valence-corrected chi connectivity index (χ4v) is 4.09. The first-order chi connectivity index (χ1) is 15.1. The number of nitrogens with one attached hydrogen (secondary N) is 1. The van der Waals surface area contributed by atoms with Crippen molar-refractivity contribution in [3.05, 3.63) is 12.2 Å². The standard InChI is InChI=1S/C16H25N7O8S/c1-3-9-20-11-14(17)18-7-19-15(11)23(9)16-12(25)13(31-32(27,28)29)8(30-16)6-22(2)5-4-10(24)21-26/h7-8,12-13,16,25-26H,3-6H2,1-2H3,(H,21,24)(H2,17,18,19)(H,27,28,29)/t8-,12-,13-,16-/m1/s1. The van der Waals surface area contributed by atoms with Crippen LogP contribution in [0.15, 0.2) is 6.33 Å². The van der Waals surface area contributed by atoms with Gasteiger partial charge >= 0.3 is 10.4 Å². The van der Waals surface area contributed by atoms with E-state index in [4.69, 9.17) is 19.9 Å². The van der Waals surface area contributed by atoms with Crippen LogP contribution in [-0.4, -0.2) is 92.1 Å². The minimum atomic E-state index is -4.92. The van der Waals surface area contributed by atoms with Crippen molar-refractivity contribution in [2.24, 2.45) is 0 Å². The summed E-state index contributed by atoms with van der Waals surface area (Å²) < 4.78 is 44.2.